The zero-order valence-electron chi connectivity index (χ0n) is 11.3. The summed E-state index contributed by atoms with van der Waals surface area (Å²) in [5, 5.41) is 0.599. The van der Waals surface area contributed by atoms with Crippen LogP contribution in [0.1, 0.15) is 19.9 Å². The average molecular weight is 287 g/mol. The standard InChI is InChI=1S/C15H15ClN4/c1-9(2)20-14-12(7-4-8-18-14)19-15(20)13-10(16)5-3-6-11(13)17/h3-9H,17H2,1-2H3. The van der Waals surface area contributed by atoms with Gasteiger partial charge in [-0.05, 0) is 38.1 Å². The number of pyridine rings is 1. The number of halogens is 1. The number of nitrogen functional groups attached to an aromatic ring is 1. The van der Waals surface area contributed by atoms with Gasteiger partial charge >= 0.3 is 0 Å². The molecule has 0 saturated carbocycles. The topological polar surface area (TPSA) is 56.7 Å². The van der Waals surface area contributed by atoms with Crippen LogP contribution in [-0.2, 0) is 0 Å². The molecule has 0 aliphatic carbocycles. The highest BCUT2D eigenvalue weighted by Gasteiger charge is 2.19. The molecule has 0 bridgehead atoms. The summed E-state index contributed by atoms with van der Waals surface area (Å²) in [5.74, 6) is 0.761. The average Bonchev–Trinajstić information content (AvgIpc) is 2.77. The van der Waals surface area contributed by atoms with E-state index in [1.54, 1.807) is 6.20 Å². The van der Waals surface area contributed by atoms with E-state index >= 15 is 0 Å². The number of nitrogens with zero attached hydrogens (tertiary/aromatic N) is 3. The smallest absolute Gasteiger partial charge is 0.160 e. The second kappa shape index (κ2) is 4.80. The zero-order valence-corrected chi connectivity index (χ0v) is 12.1. The molecule has 2 heterocycles. The Morgan fingerprint density at radius 2 is 2.00 bits per heavy atom. The van der Waals surface area contributed by atoms with Gasteiger partial charge in [-0.15, -0.1) is 0 Å². The number of nitrogens with two attached hydrogens (primary N) is 1. The predicted molar refractivity (Wildman–Crippen MR) is 82.8 cm³/mol. The van der Waals surface area contributed by atoms with Crippen LogP contribution in [0.2, 0.25) is 5.02 Å². The van der Waals surface area contributed by atoms with Gasteiger partial charge in [-0.2, -0.15) is 0 Å². The second-order valence-electron chi connectivity index (χ2n) is 4.95. The molecule has 1 aromatic carbocycles. The number of rotatable bonds is 2. The minimum Gasteiger partial charge on any atom is -0.398 e. The number of imidazole rings is 1. The molecule has 0 atom stereocenters. The van der Waals surface area contributed by atoms with Crippen LogP contribution < -0.4 is 5.73 Å². The van der Waals surface area contributed by atoms with Crippen molar-refractivity contribution in [2.45, 2.75) is 19.9 Å². The van der Waals surface area contributed by atoms with Crippen molar-refractivity contribution >= 4 is 28.5 Å². The Balaban J connectivity index is 2.39. The normalized spacial score (nSPS) is 11.4. The van der Waals surface area contributed by atoms with Crippen molar-refractivity contribution in [1.29, 1.82) is 0 Å². The maximum Gasteiger partial charge on any atom is 0.160 e. The Labute approximate surface area is 122 Å². The lowest BCUT2D eigenvalue weighted by Crippen LogP contribution is -2.05. The molecule has 102 valence electrons. The third-order valence-electron chi connectivity index (χ3n) is 3.23. The van der Waals surface area contributed by atoms with Gasteiger partial charge in [0.1, 0.15) is 11.3 Å². The van der Waals surface area contributed by atoms with E-state index in [1.165, 1.54) is 0 Å². The molecule has 0 amide bonds. The molecule has 5 heteroatoms. The molecule has 3 aromatic rings. The monoisotopic (exact) mass is 286 g/mol. The van der Waals surface area contributed by atoms with Crippen molar-refractivity contribution in [2.24, 2.45) is 0 Å². The quantitative estimate of drug-likeness (QED) is 0.727. The lowest BCUT2D eigenvalue weighted by atomic mass is 10.1. The van der Waals surface area contributed by atoms with Crippen LogP contribution in [0.15, 0.2) is 36.5 Å². The van der Waals surface area contributed by atoms with Crippen LogP contribution in [0.4, 0.5) is 5.69 Å². The Bertz CT molecular complexity index is 756. The summed E-state index contributed by atoms with van der Waals surface area (Å²) in [6, 6.07) is 9.52. The van der Waals surface area contributed by atoms with Gasteiger partial charge in [-0.25, -0.2) is 9.97 Å². The van der Waals surface area contributed by atoms with Crippen molar-refractivity contribution in [1.82, 2.24) is 14.5 Å². The highest BCUT2D eigenvalue weighted by molar-refractivity contribution is 6.33. The van der Waals surface area contributed by atoms with E-state index in [9.17, 15) is 0 Å². The third kappa shape index (κ3) is 1.93. The molecule has 3 rings (SSSR count). The maximum atomic E-state index is 6.31. The number of hydrogen-bond donors (Lipinski definition) is 1. The molecule has 0 saturated heterocycles. The van der Waals surface area contributed by atoms with E-state index in [1.807, 2.05) is 30.3 Å². The molecular formula is C15H15ClN4. The summed E-state index contributed by atoms with van der Waals surface area (Å²) in [6.07, 6.45) is 1.77. The lowest BCUT2D eigenvalue weighted by molar-refractivity contribution is 0.620. The maximum absolute atomic E-state index is 6.31. The Hall–Kier alpha value is -2.07. The lowest BCUT2D eigenvalue weighted by Gasteiger charge is -2.14. The summed E-state index contributed by atoms with van der Waals surface area (Å²) >= 11 is 6.31. The third-order valence-corrected chi connectivity index (χ3v) is 3.55. The summed E-state index contributed by atoms with van der Waals surface area (Å²) in [5.41, 5.74) is 9.16. The van der Waals surface area contributed by atoms with Gasteiger partial charge in [0, 0.05) is 17.9 Å². The Morgan fingerprint density at radius 3 is 2.70 bits per heavy atom. The molecule has 2 aromatic heterocycles. The zero-order chi connectivity index (χ0) is 14.3. The molecule has 0 aliphatic rings. The van der Waals surface area contributed by atoms with Crippen LogP contribution in [-0.4, -0.2) is 14.5 Å². The van der Waals surface area contributed by atoms with Crippen LogP contribution >= 0.6 is 11.6 Å². The molecule has 0 unspecified atom stereocenters. The molecule has 0 radical (unpaired) electrons. The van der Waals surface area contributed by atoms with Crippen LogP contribution in [0.5, 0.6) is 0 Å². The summed E-state index contributed by atoms with van der Waals surface area (Å²) < 4.78 is 2.06. The van der Waals surface area contributed by atoms with Gasteiger partial charge in [0.15, 0.2) is 5.65 Å². The molecule has 4 nitrogen and oxygen atoms in total. The SMILES string of the molecule is CC(C)n1c(-c2c(N)cccc2Cl)nc2cccnc21. The summed E-state index contributed by atoms with van der Waals surface area (Å²) in [7, 11) is 0. The first-order valence-electron chi connectivity index (χ1n) is 6.47. The fraction of sp³-hybridized carbons (Fsp3) is 0.200. The predicted octanol–water partition coefficient (Wildman–Crippen LogP) is 3.91. The van der Waals surface area contributed by atoms with E-state index < -0.39 is 0 Å². The molecule has 2 N–H and O–H groups in total. The minimum absolute atomic E-state index is 0.209. The first-order chi connectivity index (χ1) is 9.59. The number of aromatic nitrogens is 3. The van der Waals surface area contributed by atoms with Gasteiger partial charge in [0.05, 0.1) is 10.6 Å². The van der Waals surface area contributed by atoms with Crippen LogP contribution in [0.25, 0.3) is 22.6 Å². The van der Waals surface area contributed by atoms with Crippen molar-refractivity contribution in [3.63, 3.8) is 0 Å². The first kappa shape index (κ1) is 12.9. The van der Waals surface area contributed by atoms with Crippen molar-refractivity contribution in [3.05, 3.63) is 41.6 Å². The van der Waals surface area contributed by atoms with Gasteiger partial charge < -0.3 is 10.3 Å². The fourth-order valence-electron chi connectivity index (χ4n) is 2.37. The fourth-order valence-corrected chi connectivity index (χ4v) is 2.64. The largest absolute Gasteiger partial charge is 0.398 e. The van der Waals surface area contributed by atoms with Gasteiger partial charge in [0.25, 0.3) is 0 Å². The van der Waals surface area contributed by atoms with E-state index in [0.29, 0.717) is 10.7 Å². The van der Waals surface area contributed by atoms with E-state index in [2.05, 4.69) is 28.4 Å². The minimum atomic E-state index is 0.209. The summed E-state index contributed by atoms with van der Waals surface area (Å²) in [4.78, 5) is 9.09. The van der Waals surface area contributed by atoms with Crippen molar-refractivity contribution in [3.8, 4) is 11.4 Å². The van der Waals surface area contributed by atoms with Gasteiger partial charge in [0.2, 0.25) is 0 Å². The Kier molecular flexibility index (Phi) is 3.10. The second-order valence-corrected chi connectivity index (χ2v) is 5.36. The van der Waals surface area contributed by atoms with Crippen molar-refractivity contribution < 1.29 is 0 Å². The number of hydrogen-bond acceptors (Lipinski definition) is 3. The van der Waals surface area contributed by atoms with Gasteiger partial charge in [-0.1, -0.05) is 17.7 Å². The van der Waals surface area contributed by atoms with E-state index in [0.717, 1.165) is 22.6 Å². The van der Waals surface area contributed by atoms with Gasteiger partial charge in [-0.3, -0.25) is 0 Å². The first-order valence-corrected chi connectivity index (χ1v) is 6.84. The number of anilines is 1. The molecular weight excluding hydrogens is 272 g/mol. The van der Waals surface area contributed by atoms with E-state index in [-0.39, 0.29) is 6.04 Å². The Morgan fingerprint density at radius 1 is 1.20 bits per heavy atom. The highest BCUT2D eigenvalue weighted by Crippen LogP contribution is 2.35. The van der Waals surface area contributed by atoms with E-state index in [4.69, 9.17) is 17.3 Å². The number of fused-ring (bicyclic) bond motifs is 1. The summed E-state index contributed by atoms with van der Waals surface area (Å²) in [6.45, 7) is 4.18. The van der Waals surface area contributed by atoms with Crippen LogP contribution in [0, 0.1) is 0 Å². The van der Waals surface area contributed by atoms with Crippen LogP contribution in [0.3, 0.4) is 0 Å². The number of benzene rings is 1. The molecule has 20 heavy (non-hydrogen) atoms. The highest BCUT2D eigenvalue weighted by atomic mass is 35.5. The molecule has 0 spiro atoms. The molecule has 0 aliphatic heterocycles. The molecule has 0 fully saturated rings. The van der Waals surface area contributed by atoms with Crippen molar-refractivity contribution in [2.75, 3.05) is 5.73 Å².